The van der Waals surface area contributed by atoms with Gasteiger partial charge < -0.3 is 5.11 Å². The first-order valence-electron chi connectivity index (χ1n) is 19.2. The molecule has 0 bridgehead atoms. The van der Waals surface area contributed by atoms with Crippen LogP contribution in [0.15, 0.2) is 273 Å². The van der Waals surface area contributed by atoms with Crippen LogP contribution >= 0.6 is 14.5 Å². The first kappa shape index (κ1) is 38.9. The van der Waals surface area contributed by atoms with Gasteiger partial charge in [-0.05, 0) is 97.1 Å². The molecule has 0 radical (unpaired) electrons. The van der Waals surface area contributed by atoms with E-state index in [0.717, 1.165) is 0 Å². The van der Waals surface area contributed by atoms with Gasteiger partial charge in [0.1, 0.15) is 57.0 Å². The molecule has 0 unspecified atom stereocenters. The summed E-state index contributed by atoms with van der Waals surface area (Å²) in [6, 6.07) is 96.0. The number of para-hydroxylation sites is 1. The summed E-state index contributed by atoms with van der Waals surface area (Å²) >= 11 is 0. The molecule has 3 heteroatoms. The Hall–Kier alpha value is -6.36. The standard InChI is InChI=1S/2C24H20P.C6H6O/c2*1-5-13-21(14-6-1)25(22-15-7-2-8-16-22,23-17-9-3-10-18-23)24-19-11-4-12-20-24;7-6-4-2-1-3-5-6/h2*1-20H;1-5,7H/q2*+1;/p-1. The summed E-state index contributed by atoms with van der Waals surface area (Å²) in [5, 5.41) is 21.4. The molecule has 0 aromatic heterocycles. The molecular formula is C54H45OP2+. The van der Waals surface area contributed by atoms with Crippen LogP contribution in [0.5, 0.6) is 5.75 Å². The highest BCUT2D eigenvalue weighted by Gasteiger charge is 2.48. The molecular weight excluding hydrogens is 727 g/mol. The highest BCUT2D eigenvalue weighted by atomic mass is 31.2. The highest BCUT2D eigenvalue weighted by molar-refractivity contribution is 8.02. The van der Waals surface area contributed by atoms with Crippen LogP contribution in [-0.4, -0.2) is 0 Å². The monoisotopic (exact) mass is 771 g/mol. The van der Waals surface area contributed by atoms with Crippen molar-refractivity contribution in [2.24, 2.45) is 0 Å². The van der Waals surface area contributed by atoms with Gasteiger partial charge in [0, 0.05) is 0 Å². The molecule has 9 aromatic carbocycles. The van der Waals surface area contributed by atoms with Gasteiger partial charge in [0.05, 0.1) is 0 Å². The molecule has 0 spiro atoms. The van der Waals surface area contributed by atoms with Crippen molar-refractivity contribution in [3.05, 3.63) is 273 Å². The first-order chi connectivity index (χ1) is 28.2. The Kier molecular flexibility index (Phi) is 13.3. The molecule has 276 valence electrons. The third-order valence-corrected chi connectivity index (χ3v) is 18.5. The molecule has 0 N–H and O–H groups in total. The van der Waals surface area contributed by atoms with Crippen LogP contribution in [0.1, 0.15) is 0 Å². The minimum Gasteiger partial charge on any atom is -0.872 e. The predicted octanol–water partition coefficient (Wildman–Crippen LogP) is 9.37. The van der Waals surface area contributed by atoms with Crippen molar-refractivity contribution >= 4 is 57.0 Å². The molecule has 0 aliphatic carbocycles. The molecule has 0 amide bonds. The average Bonchev–Trinajstić information content (AvgIpc) is 3.31. The van der Waals surface area contributed by atoms with E-state index in [2.05, 4.69) is 243 Å². The van der Waals surface area contributed by atoms with Crippen molar-refractivity contribution in [1.29, 1.82) is 0 Å². The third-order valence-electron chi connectivity index (χ3n) is 9.89. The van der Waals surface area contributed by atoms with Crippen molar-refractivity contribution in [3.63, 3.8) is 0 Å². The summed E-state index contributed by atoms with van der Waals surface area (Å²) in [4.78, 5) is 0. The lowest BCUT2D eigenvalue weighted by Gasteiger charge is -2.27. The maximum Gasteiger partial charge on any atom is 0.144 e. The average molecular weight is 772 g/mol. The van der Waals surface area contributed by atoms with Crippen LogP contribution < -0.4 is 47.5 Å². The normalized spacial score (nSPS) is 10.9. The molecule has 0 fully saturated rings. The van der Waals surface area contributed by atoms with Crippen molar-refractivity contribution < 1.29 is 5.11 Å². The Morgan fingerprint density at radius 1 is 0.175 bits per heavy atom. The predicted molar refractivity (Wildman–Crippen MR) is 248 cm³/mol. The van der Waals surface area contributed by atoms with Gasteiger partial charge in [0.2, 0.25) is 0 Å². The van der Waals surface area contributed by atoms with Gasteiger partial charge in [-0.1, -0.05) is 176 Å². The summed E-state index contributed by atoms with van der Waals surface area (Å²) in [7, 11) is -3.81. The molecule has 0 atom stereocenters. The maximum atomic E-state index is 10.3. The SMILES string of the molecule is [O-]c1ccccc1.c1ccc([P+](c2ccccc2)(c2ccccc2)c2ccccc2)cc1.c1ccc([P+](c2ccccc2)(c2ccccc2)c2ccccc2)cc1. The smallest absolute Gasteiger partial charge is 0.144 e. The Bertz CT molecular complexity index is 1980. The zero-order valence-corrected chi connectivity index (χ0v) is 33.6. The number of rotatable bonds is 8. The van der Waals surface area contributed by atoms with Gasteiger partial charge in [0.15, 0.2) is 0 Å². The molecule has 1 nitrogen and oxygen atoms in total. The number of hydrogen-bond donors (Lipinski definition) is 0. The maximum absolute atomic E-state index is 10.3. The van der Waals surface area contributed by atoms with Gasteiger partial charge in [0.25, 0.3) is 0 Å². The van der Waals surface area contributed by atoms with Crippen LogP contribution in [0.3, 0.4) is 0 Å². The van der Waals surface area contributed by atoms with E-state index in [-0.39, 0.29) is 5.75 Å². The van der Waals surface area contributed by atoms with Crippen LogP contribution in [0.25, 0.3) is 0 Å². The fourth-order valence-electron chi connectivity index (χ4n) is 7.42. The summed E-state index contributed by atoms with van der Waals surface area (Å²) in [5.74, 6) is 0.0718. The number of benzene rings is 9. The third kappa shape index (κ3) is 8.72. The Balaban J connectivity index is 0.000000149. The first-order valence-corrected chi connectivity index (χ1v) is 22.8. The van der Waals surface area contributed by atoms with Gasteiger partial charge in [-0.15, -0.1) is 5.75 Å². The van der Waals surface area contributed by atoms with Crippen molar-refractivity contribution in [3.8, 4) is 5.75 Å². The second kappa shape index (κ2) is 19.5. The van der Waals surface area contributed by atoms with Crippen molar-refractivity contribution in [2.45, 2.75) is 0 Å². The van der Waals surface area contributed by atoms with Gasteiger partial charge in [-0.2, -0.15) is 0 Å². The van der Waals surface area contributed by atoms with E-state index in [4.69, 9.17) is 0 Å². The van der Waals surface area contributed by atoms with Crippen LogP contribution in [0, 0.1) is 0 Å². The zero-order chi connectivity index (χ0) is 39.0. The van der Waals surface area contributed by atoms with Gasteiger partial charge in [-0.3, -0.25) is 0 Å². The van der Waals surface area contributed by atoms with Crippen LogP contribution in [0.2, 0.25) is 0 Å². The fraction of sp³-hybridized carbons (Fsp3) is 0. The van der Waals surface area contributed by atoms with E-state index in [1.807, 2.05) is 6.07 Å². The van der Waals surface area contributed by atoms with Gasteiger partial charge in [-0.25, -0.2) is 0 Å². The summed E-state index contributed by atoms with van der Waals surface area (Å²) in [6.07, 6.45) is 0. The lowest BCUT2D eigenvalue weighted by atomic mass is 10.3. The minimum atomic E-state index is -1.91. The minimum absolute atomic E-state index is 0.0718. The fourth-order valence-corrected chi connectivity index (χ4v) is 16.0. The van der Waals surface area contributed by atoms with E-state index in [1.54, 1.807) is 12.1 Å². The molecule has 0 aliphatic rings. The Labute approximate surface area is 339 Å². The lowest BCUT2D eigenvalue weighted by molar-refractivity contribution is -0.268. The topological polar surface area (TPSA) is 23.1 Å². The summed E-state index contributed by atoms with van der Waals surface area (Å²) in [5.41, 5.74) is 0. The van der Waals surface area contributed by atoms with Crippen molar-refractivity contribution in [2.75, 3.05) is 0 Å². The quantitative estimate of drug-likeness (QED) is 0.141. The summed E-state index contributed by atoms with van der Waals surface area (Å²) < 4.78 is 0. The second-order valence-corrected chi connectivity index (χ2v) is 20.2. The molecule has 9 rings (SSSR count). The molecule has 0 heterocycles. The van der Waals surface area contributed by atoms with Crippen LogP contribution in [0.4, 0.5) is 0 Å². The number of hydrogen-bond acceptors (Lipinski definition) is 1. The molecule has 57 heavy (non-hydrogen) atoms. The Morgan fingerprint density at radius 3 is 0.404 bits per heavy atom. The molecule has 0 saturated carbocycles. The van der Waals surface area contributed by atoms with E-state index in [0.29, 0.717) is 0 Å². The van der Waals surface area contributed by atoms with E-state index >= 15 is 0 Å². The largest absolute Gasteiger partial charge is 0.872 e. The Morgan fingerprint density at radius 2 is 0.298 bits per heavy atom. The summed E-state index contributed by atoms with van der Waals surface area (Å²) in [6.45, 7) is 0. The van der Waals surface area contributed by atoms with E-state index < -0.39 is 14.5 Å². The molecule has 0 saturated heterocycles. The second-order valence-electron chi connectivity index (χ2n) is 13.3. The van der Waals surface area contributed by atoms with Crippen LogP contribution in [-0.2, 0) is 0 Å². The van der Waals surface area contributed by atoms with E-state index in [9.17, 15) is 5.11 Å². The molecule has 0 aliphatic heterocycles. The molecule has 9 aromatic rings. The van der Waals surface area contributed by atoms with E-state index in [1.165, 1.54) is 54.6 Å². The lowest BCUT2D eigenvalue weighted by Crippen LogP contribution is -2.38. The highest BCUT2D eigenvalue weighted by Crippen LogP contribution is 2.55. The zero-order valence-electron chi connectivity index (χ0n) is 31.8. The van der Waals surface area contributed by atoms with Gasteiger partial charge >= 0.3 is 0 Å². The van der Waals surface area contributed by atoms with Crippen molar-refractivity contribution in [1.82, 2.24) is 0 Å².